The second kappa shape index (κ2) is 8.98. The molecule has 0 saturated heterocycles. The van der Waals surface area contributed by atoms with Gasteiger partial charge in [0.05, 0.1) is 4.90 Å². The van der Waals surface area contributed by atoms with E-state index in [9.17, 15) is 17.6 Å². The van der Waals surface area contributed by atoms with E-state index < -0.39 is 27.8 Å². The molecule has 0 heterocycles. The molecule has 2 N–H and O–H groups in total. The lowest BCUT2D eigenvalue weighted by molar-refractivity contribution is -0.117. The van der Waals surface area contributed by atoms with Gasteiger partial charge in [-0.2, -0.15) is 4.72 Å². The van der Waals surface area contributed by atoms with Gasteiger partial charge in [-0.3, -0.25) is 4.79 Å². The molecule has 1 amide bonds. The summed E-state index contributed by atoms with van der Waals surface area (Å²) in [6.07, 6.45) is 0.166. The summed E-state index contributed by atoms with van der Waals surface area (Å²) in [6.45, 7) is 1.85. The number of para-hydroxylation sites is 1. The standard InChI is InChI=1S/C22H21FN2O3S/c1-16-7-5-6-10-20(16)24-22(26)21(15-17-8-3-2-4-9-17)25-29(27,28)19-13-11-18(23)12-14-19/h2-14,21,25H,15H2,1H3,(H,24,26)/t21-/m0/s1. The molecule has 0 aliphatic heterocycles. The number of aryl methyl sites for hydroxylation is 1. The molecule has 5 nitrogen and oxygen atoms in total. The molecule has 150 valence electrons. The van der Waals surface area contributed by atoms with E-state index in [-0.39, 0.29) is 11.3 Å². The van der Waals surface area contributed by atoms with E-state index in [4.69, 9.17) is 0 Å². The number of halogens is 1. The van der Waals surface area contributed by atoms with Crippen LogP contribution < -0.4 is 10.0 Å². The van der Waals surface area contributed by atoms with Crippen molar-refractivity contribution < 1.29 is 17.6 Å². The molecule has 0 unspecified atom stereocenters. The lowest BCUT2D eigenvalue weighted by Gasteiger charge is -2.19. The minimum absolute atomic E-state index is 0.111. The lowest BCUT2D eigenvalue weighted by Crippen LogP contribution is -2.45. The first-order valence-corrected chi connectivity index (χ1v) is 10.5. The SMILES string of the molecule is Cc1ccccc1NC(=O)[C@H](Cc1ccccc1)NS(=O)(=O)c1ccc(F)cc1. The third kappa shape index (κ3) is 5.49. The van der Waals surface area contributed by atoms with Gasteiger partial charge in [-0.1, -0.05) is 48.5 Å². The minimum Gasteiger partial charge on any atom is -0.324 e. The Bertz CT molecular complexity index is 1080. The van der Waals surface area contributed by atoms with E-state index in [1.807, 2.05) is 49.4 Å². The first kappa shape index (κ1) is 20.7. The maximum Gasteiger partial charge on any atom is 0.242 e. The van der Waals surface area contributed by atoms with Crippen LogP contribution in [0.1, 0.15) is 11.1 Å². The fraction of sp³-hybridized carbons (Fsp3) is 0.136. The van der Waals surface area contributed by atoms with Crippen molar-refractivity contribution in [1.82, 2.24) is 4.72 Å². The van der Waals surface area contributed by atoms with Crippen LogP contribution in [0.15, 0.2) is 83.8 Å². The maximum atomic E-state index is 13.2. The smallest absolute Gasteiger partial charge is 0.242 e. The second-order valence-electron chi connectivity index (χ2n) is 6.62. The summed E-state index contributed by atoms with van der Waals surface area (Å²) in [7, 11) is -4.02. The van der Waals surface area contributed by atoms with Crippen LogP contribution in [0.3, 0.4) is 0 Å². The van der Waals surface area contributed by atoms with Gasteiger partial charge in [0.25, 0.3) is 0 Å². The normalized spacial score (nSPS) is 12.3. The topological polar surface area (TPSA) is 75.3 Å². The molecule has 0 aromatic heterocycles. The number of benzene rings is 3. The highest BCUT2D eigenvalue weighted by molar-refractivity contribution is 7.89. The van der Waals surface area contributed by atoms with Gasteiger partial charge in [0.1, 0.15) is 11.9 Å². The summed E-state index contributed by atoms with van der Waals surface area (Å²) in [5, 5.41) is 2.79. The average molecular weight is 412 g/mol. The van der Waals surface area contributed by atoms with E-state index >= 15 is 0 Å². The molecule has 0 bridgehead atoms. The highest BCUT2D eigenvalue weighted by Crippen LogP contribution is 2.16. The first-order chi connectivity index (χ1) is 13.8. The Labute approximate surface area is 169 Å². The van der Waals surface area contributed by atoms with Crippen molar-refractivity contribution in [2.45, 2.75) is 24.3 Å². The Morgan fingerprint density at radius 3 is 2.21 bits per heavy atom. The van der Waals surface area contributed by atoms with Gasteiger partial charge < -0.3 is 5.32 Å². The maximum absolute atomic E-state index is 13.2. The van der Waals surface area contributed by atoms with Crippen LogP contribution in [-0.4, -0.2) is 20.4 Å². The number of amides is 1. The molecular formula is C22H21FN2O3S. The average Bonchev–Trinajstić information content (AvgIpc) is 2.70. The monoisotopic (exact) mass is 412 g/mol. The number of nitrogens with one attached hydrogen (secondary N) is 2. The highest BCUT2D eigenvalue weighted by atomic mass is 32.2. The van der Waals surface area contributed by atoms with Crippen molar-refractivity contribution in [2.75, 3.05) is 5.32 Å². The fourth-order valence-corrected chi connectivity index (χ4v) is 4.04. The Morgan fingerprint density at radius 1 is 0.931 bits per heavy atom. The minimum atomic E-state index is -4.02. The third-order valence-corrected chi connectivity index (χ3v) is 5.91. The van der Waals surface area contributed by atoms with E-state index in [2.05, 4.69) is 10.0 Å². The van der Waals surface area contributed by atoms with Crippen LogP contribution >= 0.6 is 0 Å². The number of rotatable bonds is 7. The van der Waals surface area contributed by atoms with E-state index in [1.165, 1.54) is 0 Å². The molecule has 0 radical (unpaired) electrons. The molecule has 3 rings (SSSR count). The van der Waals surface area contributed by atoms with Crippen LogP contribution in [0.5, 0.6) is 0 Å². The van der Waals surface area contributed by atoms with Crippen molar-refractivity contribution in [2.24, 2.45) is 0 Å². The van der Waals surface area contributed by atoms with E-state index in [1.54, 1.807) is 12.1 Å². The van der Waals surface area contributed by atoms with Crippen LogP contribution in [0.25, 0.3) is 0 Å². The highest BCUT2D eigenvalue weighted by Gasteiger charge is 2.26. The molecular weight excluding hydrogens is 391 g/mol. The predicted molar refractivity (Wildman–Crippen MR) is 110 cm³/mol. The summed E-state index contributed by atoms with van der Waals surface area (Å²) < 4.78 is 41.1. The van der Waals surface area contributed by atoms with E-state index in [0.29, 0.717) is 5.69 Å². The summed E-state index contributed by atoms with van der Waals surface area (Å²) in [5.41, 5.74) is 2.27. The number of carbonyl (C=O) groups excluding carboxylic acids is 1. The van der Waals surface area contributed by atoms with Gasteiger partial charge in [0.15, 0.2) is 0 Å². The van der Waals surface area contributed by atoms with Crippen LogP contribution in [0.2, 0.25) is 0 Å². The van der Waals surface area contributed by atoms with E-state index in [0.717, 1.165) is 35.4 Å². The number of hydrogen-bond acceptors (Lipinski definition) is 3. The molecule has 3 aromatic carbocycles. The van der Waals surface area contributed by atoms with Crippen molar-refractivity contribution in [1.29, 1.82) is 0 Å². The van der Waals surface area contributed by atoms with Gasteiger partial charge in [-0.05, 0) is 54.8 Å². The Balaban J connectivity index is 1.87. The van der Waals surface area contributed by atoms with Crippen LogP contribution in [0, 0.1) is 12.7 Å². The molecule has 0 spiro atoms. The van der Waals surface area contributed by atoms with Gasteiger partial charge in [-0.15, -0.1) is 0 Å². The second-order valence-corrected chi connectivity index (χ2v) is 8.34. The predicted octanol–water partition coefficient (Wildman–Crippen LogP) is 3.66. The summed E-state index contributed by atoms with van der Waals surface area (Å²) >= 11 is 0. The molecule has 1 atom stereocenters. The zero-order chi connectivity index (χ0) is 20.9. The van der Waals surface area contributed by atoms with Gasteiger partial charge >= 0.3 is 0 Å². The Hall–Kier alpha value is -3.03. The zero-order valence-corrected chi connectivity index (χ0v) is 16.6. The lowest BCUT2D eigenvalue weighted by atomic mass is 10.1. The molecule has 0 fully saturated rings. The fourth-order valence-electron chi connectivity index (χ4n) is 2.84. The van der Waals surface area contributed by atoms with Crippen molar-refractivity contribution in [3.05, 3.63) is 95.8 Å². The molecule has 7 heteroatoms. The summed E-state index contributed by atoms with van der Waals surface area (Å²) in [5.74, 6) is -1.02. The van der Waals surface area contributed by atoms with Gasteiger partial charge in [-0.25, -0.2) is 12.8 Å². The molecule has 0 aliphatic rings. The van der Waals surface area contributed by atoms with Crippen LogP contribution in [0.4, 0.5) is 10.1 Å². The Morgan fingerprint density at radius 2 is 1.55 bits per heavy atom. The summed E-state index contributed by atoms with van der Waals surface area (Å²) in [4.78, 5) is 12.8. The van der Waals surface area contributed by atoms with Crippen LogP contribution in [-0.2, 0) is 21.2 Å². The van der Waals surface area contributed by atoms with Crippen molar-refractivity contribution in [3.63, 3.8) is 0 Å². The van der Waals surface area contributed by atoms with Gasteiger partial charge in [0.2, 0.25) is 15.9 Å². The molecule has 0 aliphatic carbocycles. The zero-order valence-electron chi connectivity index (χ0n) is 15.8. The van der Waals surface area contributed by atoms with Crippen molar-refractivity contribution in [3.8, 4) is 0 Å². The number of anilines is 1. The van der Waals surface area contributed by atoms with Crippen molar-refractivity contribution >= 4 is 21.6 Å². The summed E-state index contributed by atoms with van der Waals surface area (Å²) in [6, 6.07) is 19.8. The first-order valence-electron chi connectivity index (χ1n) is 9.03. The molecule has 3 aromatic rings. The Kier molecular flexibility index (Phi) is 6.41. The number of carbonyl (C=O) groups is 1. The third-order valence-electron chi connectivity index (χ3n) is 4.42. The quantitative estimate of drug-likeness (QED) is 0.622. The largest absolute Gasteiger partial charge is 0.324 e. The van der Waals surface area contributed by atoms with Gasteiger partial charge in [0, 0.05) is 5.69 Å². The molecule has 0 saturated carbocycles. The number of sulfonamides is 1. The number of hydrogen-bond donors (Lipinski definition) is 2. The molecule has 29 heavy (non-hydrogen) atoms.